The van der Waals surface area contributed by atoms with Crippen LogP contribution in [0.15, 0.2) is 24.7 Å². The van der Waals surface area contributed by atoms with Gasteiger partial charge in [-0.2, -0.15) is 15.5 Å². The number of nitrogens with one attached hydrogen (secondary N) is 1. The van der Waals surface area contributed by atoms with Gasteiger partial charge in [-0.3, -0.25) is 4.68 Å². The molecule has 2 aliphatic heterocycles. The van der Waals surface area contributed by atoms with Crippen LogP contribution in [0.3, 0.4) is 0 Å². The van der Waals surface area contributed by atoms with Crippen molar-refractivity contribution >= 4 is 5.52 Å². The van der Waals surface area contributed by atoms with E-state index in [2.05, 4.69) is 28.1 Å². The molecule has 2 bridgehead atoms. The molecule has 0 radical (unpaired) electrons. The molecular weight excluding hydrogens is 340 g/mol. The lowest BCUT2D eigenvalue weighted by Gasteiger charge is -2.30. The minimum atomic E-state index is 0.457. The van der Waals surface area contributed by atoms with E-state index in [1.807, 2.05) is 18.5 Å². The van der Waals surface area contributed by atoms with Crippen molar-refractivity contribution in [2.24, 2.45) is 0 Å². The summed E-state index contributed by atoms with van der Waals surface area (Å²) < 4.78 is 9.46. The maximum atomic E-state index is 9.29. The molecule has 0 saturated carbocycles. The average molecular weight is 362 g/mol. The monoisotopic (exact) mass is 362 g/mol. The number of piperidine rings is 1. The molecule has 2 fully saturated rings. The summed E-state index contributed by atoms with van der Waals surface area (Å²) in [6.45, 7) is 2.13. The summed E-state index contributed by atoms with van der Waals surface area (Å²) in [5.41, 5.74) is 4.44. The Balaban J connectivity index is 1.56. The molecule has 5 rings (SSSR count). The maximum Gasteiger partial charge on any atom is 0.146 e. The third kappa shape index (κ3) is 2.52. The van der Waals surface area contributed by atoms with Gasteiger partial charge in [0.1, 0.15) is 22.9 Å². The van der Waals surface area contributed by atoms with E-state index in [1.54, 1.807) is 17.8 Å². The average Bonchev–Trinajstić information content (AvgIpc) is 3.37. The van der Waals surface area contributed by atoms with Crippen molar-refractivity contribution in [1.29, 1.82) is 5.26 Å². The van der Waals surface area contributed by atoms with Crippen molar-refractivity contribution in [1.82, 2.24) is 24.7 Å². The first-order chi connectivity index (χ1) is 13.2. The fourth-order valence-corrected chi connectivity index (χ4v) is 4.77. The van der Waals surface area contributed by atoms with Gasteiger partial charge in [0.15, 0.2) is 0 Å². The van der Waals surface area contributed by atoms with Gasteiger partial charge in [-0.05, 0) is 38.7 Å². The van der Waals surface area contributed by atoms with Crippen LogP contribution in [0, 0.1) is 18.3 Å². The lowest BCUT2D eigenvalue weighted by Crippen LogP contribution is -2.39. The molecule has 138 valence electrons. The molecule has 0 spiro atoms. The number of ether oxygens (including phenoxy) is 1. The highest BCUT2D eigenvalue weighted by molar-refractivity contribution is 5.75. The van der Waals surface area contributed by atoms with Crippen LogP contribution >= 0.6 is 0 Å². The molecule has 3 aromatic heterocycles. The number of nitrogens with zero attached hydrogens (tertiary/aromatic N) is 5. The van der Waals surface area contributed by atoms with Gasteiger partial charge in [-0.15, -0.1) is 0 Å². The predicted octanol–water partition coefficient (Wildman–Crippen LogP) is 2.84. The molecule has 7 heteroatoms. The van der Waals surface area contributed by atoms with E-state index in [0.717, 1.165) is 29.7 Å². The largest absolute Gasteiger partial charge is 0.494 e. The third-order valence-corrected chi connectivity index (χ3v) is 6.07. The summed E-state index contributed by atoms with van der Waals surface area (Å²) in [6, 6.07) is 5.86. The van der Waals surface area contributed by atoms with Gasteiger partial charge < -0.3 is 10.1 Å². The number of hydrogen-bond donors (Lipinski definition) is 1. The molecule has 2 atom stereocenters. The van der Waals surface area contributed by atoms with E-state index in [9.17, 15) is 5.26 Å². The van der Waals surface area contributed by atoms with Gasteiger partial charge in [0.2, 0.25) is 0 Å². The van der Waals surface area contributed by atoms with E-state index in [4.69, 9.17) is 9.84 Å². The number of aromatic nitrogens is 4. The minimum Gasteiger partial charge on any atom is -0.494 e. The Labute approximate surface area is 157 Å². The van der Waals surface area contributed by atoms with Gasteiger partial charge in [-0.25, -0.2) is 4.52 Å². The number of nitriles is 1. The molecule has 7 nitrogen and oxygen atoms in total. The van der Waals surface area contributed by atoms with Crippen molar-refractivity contribution < 1.29 is 4.74 Å². The van der Waals surface area contributed by atoms with Crippen molar-refractivity contribution in [2.75, 3.05) is 7.11 Å². The summed E-state index contributed by atoms with van der Waals surface area (Å²) in [4.78, 5) is 0. The number of hydrogen-bond acceptors (Lipinski definition) is 5. The molecule has 2 unspecified atom stereocenters. The molecule has 1 N–H and O–H groups in total. The summed E-state index contributed by atoms with van der Waals surface area (Å²) in [5.74, 6) is 0.647. The highest BCUT2D eigenvalue weighted by Crippen LogP contribution is 2.37. The second kappa shape index (κ2) is 6.10. The topological polar surface area (TPSA) is 80.2 Å². The zero-order valence-electron chi connectivity index (χ0n) is 15.5. The van der Waals surface area contributed by atoms with E-state index < -0.39 is 0 Å². The molecule has 3 aromatic rings. The van der Waals surface area contributed by atoms with E-state index in [0.29, 0.717) is 35.0 Å². The smallest absolute Gasteiger partial charge is 0.146 e. The Morgan fingerprint density at radius 1 is 1.22 bits per heavy atom. The molecule has 0 amide bonds. The number of pyridine rings is 1. The lowest BCUT2D eigenvalue weighted by molar-refractivity contribution is 0.278. The highest BCUT2D eigenvalue weighted by atomic mass is 16.5. The normalized spacial score (nSPS) is 24.3. The van der Waals surface area contributed by atoms with Crippen LogP contribution in [0.1, 0.15) is 43.0 Å². The first-order valence-corrected chi connectivity index (χ1v) is 9.44. The number of rotatable bonds is 3. The molecule has 2 aliphatic rings. The molecule has 27 heavy (non-hydrogen) atoms. The summed E-state index contributed by atoms with van der Waals surface area (Å²) >= 11 is 0. The van der Waals surface area contributed by atoms with E-state index >= 15 is 0 Å². The van der Waals surface area contributed by atoms with E-state index in [-0.39, 0.29) is 0 Å². The Morgan fingerprint density at radius 3 is 2.70 bits per heavy atom. The highest BCUT2D eigenvalue weighted by Gasteiger charge is 2.35. The van der Waals surface area contributed by atoms with Gasteiger partial charge in [0, 0.05) is 35.1 Å². The Morgan fingerprint density at radius 2 is 2.00 bits per heavy atom. The van der Waals surface area contributed by atoms with Gasteiger partial charge in [0.25, 0.3) is 0 Å². The second-order valence-corrected chi connectivity index (χ2v) is 7.61. The minimum absolute atomic E-state index is 0.457. The standard InChI is InChI=1S/C20H22N6O/c1-12-18(10-23-26(12)17-6-15-3-4-16(7-17)24-15)13-5-19(27-2)20-14(8-21)9-22-25(20)11-13/h5,9-11,15-17,24H,3-4,6-7H2,1-2H3. The molecule has 0 aliphatic carbocycles. The van der Waals surface area contributed by atoms with Crippen LogP contribution in [0.25, 0.3) is 16.6 Å². The van der Waals surface area contributed by atoms with Crippen LogP contribution in [-0.4, -0.2) is 38.6 Å². The zero-order chi connectivity index (χ0) is 18.5. The van der Waals surface area contributed by atoms with Gasteiger partial charge in [-0.1, -0.05) is 0 Å². The quantitative estimate of drug-likeness (QED) is 0.775. The summed E-state index contributed by atoms with van der Waals surface area (Å²) in [7, 11) is 1.62. The van der Waals surface area contributed by atoms with Crippen molar-refractivity contribution in [3.8, 4) is 22.9 Å². The van der Waals surface area contributed by atoms with Gasteiger partial charge in [0.05, 0.1) is 25.5 Å². The Kier molecular flexibility index (Phi) is 3.69. The Hall–Kier alpha value is -2.85. The zero-order valence-corrected chi connectivity index (χ0v) is 15.5. The number of methoxy groups -OCH3 is 1. The predicted molar refractivity (Wildman–Crippen MR) is 101 cm³/mol. The Bertz CT molecular complexity index is 1050. The third-order valence-electron chi connectivity index (χ3n) is 6.07. The summed E-state index contributed by atoms with van der Waals surface area (Å²) in [5, 5.41) is 22.0. The van der Waals surface area contributed by atoms with Crippen LogP contribution in [0.2, 0.25) is 0 Å². The molecular formula is C20H22N6O. The first kappa shape index (κ1) is 16.3. The van der Waals surface area contributed by atoms with Crippen molar-refractivity contribution in [3.63, 3.8) is 0 Å². The first-order valence-electron chi connectivity index (χ1n) is 9.44. The molecule has 0 aromatic carbocycles. The SMILES string of the molecule is COc1cc(-c2cnn(C3CC4CCC(C3)N4)c2C)cn2ncc(C#N)c12. The number of fused-ring (bicyclic) bond motifs is 3. The molecule has 5 heterocycles. The van der Waals surface area contributed by atoms with E-state index in [1.165, 1.54) is 12.8 Å². The van der Waals surface area contributed by atoms with Crippen molar-refractivity contribution in [3.05, 3.63) is 35.9 Å². The molecule has 2 saturated heterocycles. The maximum absolute atomic E-state index is 9.29. The fourth-order valence-electron chi connectivity index (χ4n) is 4.77. The fraction of sp³-hybridized carbons (Fsp3) is 0.450. The van der Waals surface area contributed by atoms with Crippen LogP contribution < -0.4 is 10.1 Å². The van der Waals surface area contributed by atoms with Crippen LogP contribution in [0.4, 0.5) is 0 Å². The summed E-state index contributed by atoms with van der Waals surface area (Å²) in [6.07, 6.45) is 10.3. The van der Waals surface area contributed by atoms with Crippen LogP contribution in [-0.2, 0) is 0 Å². The van der Waals surface area contributed by atoms with Crippen LogP contribution in [0.5, 0.6) is 5.75 Å². The van der Waals surface area contributed by atoms with Gasteiger partial charge >= 0.3 is 0 Å². The lowest BCUT2D eigenvalue weighted by atomic mass is 9.99. The van der Waals surface area contributed by atoms with Crippen molar-refractivity contribution in [2.45, 2.75) is 50.7 Å². The second-order valence-electron chi connectivity index (χ2n) is 7.61.